The first-order valence-electron chi connectivity index (χ1n) is 14.7. The van der Waals surface area contributed by atoms with Crippen molar-refractivity contribution >= 4 is 38.2 Å². The largest absolute Gasteiger partial charge is 0.463 e. The van der Waals surface area contributed by atoms with Gasteiger partial charge in [0.25, 0.3) is 5.56 Å². The van der Waals surface area contributed by atoms with Gasteiger partial charge >= 0.3 is 5.97 Å². The summed E-state index contributed by atoms with van der Waals surface area (Å²) in [4.78, 5) is 39.9. The zero-order chi connectivity index (χ0) is 31.5. The number of anilines is 1. The maximum absolute atomic E-state index is 12.2. The molecule has 3 aliphatic heterocycles. The Balaban J connectivity index is 1.28. The summed E-state index contributed by atoms with van der Waals surface area (Å²) < 4.78 is 10.9. The predicted molar refractivity (Wildman–Crippen MR) is 166 cm³/mol. The van der Waals surface area contributed by atoms with Crippen molar-refractivity contribution in [2.75, 3.05) is 18.5 Å². The molecule has 0 saturated carbocycles. The van der Waals surface area contributed by atoms with E-state index in [2.05, 4.69) is 10.3 Å². The number of aliphatic hydroxyl groups is 4. The second-order valence-electron chi connectivity index (χ2n) is 11.2. The van der Waals surface area contributed by atoms with Gasteiger partial charge in [0, 0.05) is 23.8 Å². The summed E-state index contributed by atoms with van der Waals surface area (Å²) >= 11 is 0. The lowest BCUT2D eigenvalue weighted by atomic mass is 9.86. The molecular formula is C30H44N2O9S2. The fourth-order valence-electron chi connectivity index (χ4n) is 4.77. The minimum atomic E-state index is -1.34. The van der Waals surface area contributed by atoms with Gasteiger partial charge < -0.3 is 40.2 Å². The Labute approximate surface area is 259 Å². The number of H-pyrrole nitrogens is 1. The molecule has 0 bridgehead atoms. The molecule has 7 atom stereocenters. The molecule has 1 saturated heterocycles. The topological polar surface area (TPSA) is 178 Å². The van der Waals surface area contributed by atoms with Crippen LogP contribution in [0.25, 0.3) is 10.6 Å². The molecular weight excluding hydrogens is 596 g/mol. The van der Waals surface area contributed by atoms with E-state index in [9.17, 15) is 34.8 Å². The third kappa shape index (κ3) is 10.3. The summed E-state index contributed by atoms with van der Waals surface area (Å²) in [5, 5.41) is 45.9. The number of fused-ring (bicyclic) bond motifs is 1. The summed E-state index contributed by atoms with van der Waals surface area (Å²) in [5.41, 5.74) is 1.04. The molecule has 2 unspecified atom stereocenters. The van der Waals surface area contributed by atoms with Crippen molar-refractivity contribution in [1.29, 1.82) is 0 Å². The summed E-state index contributed by atoms with van der Waals surface area (Å²) in [6, 6.07) is 0. The van der Waals surface area contributed by atoms with Crippen molar-refractivity contribution in [2.45, 2.75) is 96.2 Å². The number of rotatable bonds is 16. The number of aromatic amines is 1. The summed E-state index contributed by atoms with van der Waals surface area (Å²) in [6.45, 7) is 5.45. The van der Waals surface area contributed by atoms with Crippen LogP contribution in [0.2, 0.25) is 0 Å². The third-order valence-electron chi connectivity index (χ3n) is 7.74. The fraction of sp³-hybridized carbons (Fsp3) is 0.633. The monoisotopic (exact) mass is 640 g/mol. The quantitative estimate of drug-likeness (QED) is 0.0527. The van der Waals surface area contributed by atoms with Crippen LogP contribution in [0.4, 0.5) is 5.69 Å². The number of nitrogens with one attached hydrogen (secondary N) is 2. The Morgan fingerprint density at radius 3 is 2.63 bits per heavy atom. The Morgan fingerprint density at radius 2 is 1.88 bits per heavy atom. The highest BCUT2D eigenvalue weighted by molar-refractivity contribution is 7.70. The van der Waals surface area contributed by atoms with E-state index in [0.29, 0.717) is 31.4 Å². The molecule has 0 radical (unpaired) electrons. The van der Waals surface area contributed by atoms with E-state index < -0.39 is 36.5 Å². The van der Waals surface area contributed by atoms with Crippen LogP contribution in [0.5, 0.6) is 0 Å². The number of allylic oxidation sites excluding steroid dienone is 1. The number of aromatic nitrogens is 1. The van der Waals surface area contributed by atoms with E-state index in [0.717, 1.165) is 29.8 Å². The minimum Gasteiger partial charge on any atom is -0.463 e. The molecule has 0 aromatic heterocycles. The van der Waals surface area contributed by atoms with Crippen LogP contribution < -0.4 is 10.9 Å². The molecule has 3 aliphatic rings. The van der Waals surface area contributed by atoms with Crippen molar-refractivity contribution in [3.05, 3.63) is 39.5 Å². The molecule has 43 heavy (non-hydrogen) atoms. The minimum absolute atomic E-state index is 0.0386. The first-order valence-corrected chi connectivity index (χ1v) is 17.0. The Hall–Kier alpha value is -2.39. The first kappa shape index (κ1) is 35.1. The lowest BCUT2D eigenvalue weighted by Crippen LogP contribution is -2.54. The molecule has 1 amide bonds. The van der Waals surface area contributed by atoms with Crippen LogP contribution in [-0.2, 0) is 19.1 Å². The molecule has 0 aromatic rings. The number of amides is 1. The van der Waals surface area contributed by atoms with Gasteiger partial charge in [0.2, 0.25) is 5.91 Å². The summed E-state index contributed by atoms with van der Waals surface area (Å²) in [7, 11) is 2.94. The van der Waals surface area contributed by atoms with Gasteiger partial charge in [0.15, 0.2) is 0 Å². The molecule has 11 nitrogen and oxygen atoms in total. The number of carbonyl (C=O) groups excluding carboxylic acids is 2. The Morgan fingerprint density at radius 1 is 1.16 bits per heavy atom. The van der Waals surface area contributed by atoms with Gasteiger partial charge in [-0.05, 0) is 44.6 Å². The third-order valence-corrected chi connectivity index (χ3v) is 9.83. The average molecular weight is 641 g/mol. The molecule has 0 aromatic carbocycles. The lowest BCUT2D eigenvalue weighted by molar-refractivity contribution is -0.187. The van der Waals surface area contributed by atoms with E-state index in [1.165, 1.54) is 33.7 Å². The first-order chi connectivity index (χ1) is 20.5. The maximum atomic E-state index is 12.2. The standard InChI is InChI=1S/C30H44N2O9S2/c1-17(19(3)33)10-9-11-20-15-41-28(27(38)26(20)37)25(36)18(2)14-23(35)40-13-8-6-4-5-7-12-22(34)32-24-29-21(16-42-43-29)31-30(24)39/h9-10,14,16-17,19-20,25-28,33,36-38H,4-8,11-13,15H2,1-3H3,(H,31,39)(H,32,34)/b10-9+,18-14+/t17-,19+,20?,25?,26-,27-,28+/m1/s1. The van der Waals surface area contributed by atoms with Gasteiger partial charge in [-0.15, -0.1) is 0 Å². The normalized spacial score (nSPS) is 23.4. The SMILES string of the molecule is C/C(=C\C(=O)OCCCCCCCC(=O)Nc1c2sscc-2[nH]c1=O)C(O)[C@@H]1OCC(C/C=C/[C@@H](C)[C@H](C)O)[C@@H](O)[C@H]1O. The van der Waals surface area contributed by atoms with E-state index in [1.54, 1.807) is 6.92 Å². The molecule has 13 heteroatoms. The van der Waals surface area contributed by atoms with Crippen LogP contribution in [0.3, 0.4) is 0 Å². The second-order valence-corrected chi connectivity index (χ2v) is 13.3. The number of esters is 1. The zero-order valence-electron chi connectivity index (χ0n) is 24.9. The van der Waals surface area contributed by atoms with Crippen LogP contribution >= 0.6 is 20.7 Å². The highest BCUT2D eigenvalue weighted by atomic mass is 32.9. The van der Waals surface area contributed by atoms with Crippen LogP contribution in [-0.4, -0.2) is 81.0 Å². The Kier molecular flexibility index (Phi) is 14.0. The van der Waals surface area contributed by atoms with Crippen molar-refractivity contribution in [2.24, 2.45) is 11.8 Å². The number of aliphatic hydroxyl groups excluding tert-OH is 4. The predicted octanol–water partition coefficient (Wildman–Crippen LogP) is 3.43. The summed E-state index contributed by atoms with van der Waals surface area (Å²) in [5.74, 6) is -1.21. The smallest absolute Gasteiger partial charge is 0.330 e. The number of carbonyl (C=O) groups is 2. The highest BCUT2D eigenvalue weighted by Crippen LogP contribution is 2.35. The highest BCUT2D eigenvalue weighted by Gasteiger charge is 2.41. The summed E-state index contributed by atoms with van der Waals surface area (Å²) in [6.07, 6.45) is 4.15. The lowest BCUT2D eigenvalue weighted by Gasteiger charge is -2.39. The van der Waals surface area contributed by atoms with Gasteiger partial charge in [-0.25, -0.2) is 4.79 Å². The molecule has 1 fully saturated rings. The van der Waals surface area contributed by atoms with Crippen LogP contribution in [0.1, 0.15) is 65.7 Å². The number of ether oxygens (including phenoxy) is 2. The van der Waals surface area contributed by atoms with E-state index >= 15 is 0 Å². The van der Waals surface area contributed by atoms with E-state index in [4.69, 9.17) is 9.47 Å². The van der Waals surface area contributed by atoms with Gasteiger partial charge in [0.1, 0.15) is 24.0 Å². The van der Waals surface area contributed by atoms with Gasteiger partial charge in [-0.1, -0.05) is 59.0 Å². The molecule has 0 spiro atoms. The van der Waals surface area contributed by atoms with Crippen molar-refractivity contribution in [3.8, 4) is 10.6 Å². The van der Waals surface area contributed by atoms with E-state index in [-0.39, 0.29) is 42.1 Å². The van der Waals surface area contributed by atoms with Crippen molar-refractivity contribution in [3.63, 3.8) is 0 Å². The van der Waals surface area contributed by atoms with Gasteiger partial charge in [-0.3, -0.25) is 9.59 Å². The fourth-order valence-corrected chi connectivity index (χ4v) is 6.93. The average Bonchev–Trinajstić information content (AvgIpc) is 3.53. The molecule has 6 N–H and O–H groups in total. The molecule has 0 aliphatic carbocycles. The molecule has 3 rings (SSSR count). The molecule has 3 heterocycles. The zero-order valence-corrected chi connectivity index (χ0v) is 26.5. The van der Waals surface area contributed by atoms with Crippen molar-refractivity contribution < 1.29 is 39.5 Å². The number of hydrogen-bond donors (Lipinski definition) is 6. The second kappa shape index (κ2) is 17.2. The molecule has 240 valence electrons. The Bertz CT molecular complexity index is 1250. The number of unbranched alkanes of at least 4 members (excludes halogenated alkanes) is 4. The van der Waals surface area contributed by atoms with Gasteiger partial charge in [-0.2, -0.15) is 0 Å². The van der Waals surface area contributed by atoms with Crippen LogP contribution in [0.15, 0.2) is 34.0 Å². The number of hydrogen-bond acceptors (Lipinski definition) is 11. The maximum Gasteiger partial charge on any atom is 0.330 e. The van der Waals surface area contributed by atoms with E-state index in [1.807, 2.05) is 24.5 Å². The van der Waals surface area contributed by atoms with Gasteiger partial charge in [0.05, 0.1) is 36.0 Å². The van der Waals surface area contributed by atoms with Crippen molar-refractivity contribution in [1.82, 2.24) is 4.98 Å². The van der Waals surface area contributed by atoms with Crippen LogP contribution in [0, 0.1) is 11.8 Å².